The molecule has 1 aromatic rings. The molecule has 1 saturated carbocycles. The van der Waals surface area contributed by atoms with E-state index in [4.69, 9.17) is 5.73 Å². The van der Waals surface area contributed by atoms with Crippen LogP contribution in [0.4, 0.5) is 10.1 Å². The molecule has 0 bridgehead atoms. The third-order valence-electron chi connectivity index (χ3n) is 3.82. The monoisotopic (exact) mass is 253 g/mol. The van der Waals surface area contributed by atoms with E-state index < -0.39 is 0 Å². The molecular formula is C14H20FNS. The van der Waals surface area contributed by atoms with Crippen molar-refractivity contribution >= 4 is 17.4 Å². The minimum atomic E-state index is -0.299. The molecule has 0 amide bonds. The quantitative estimate of drug-likeness (QED) is 0.794. The molecule has 1 fully saturated rings. The lowest BCUT2D eigenvalue weighted by molar-refractivity contribution is 0.283. The summed E-state index contributed by atoms with van der Waals surface area (Å²) in [4.78, 5) is 1.00. The van der Waals surface area contributed by atoms with E-state index in [0.717, 1.165) is 16.7 Å². The third-order valence-corrected chi connectivity index (χ3v) is 5.11. The molecule has 0 aromatic heterocycles. The molecule has 2 N–H and O–H groups in total. The molecule has 1 aliphatic carbocycles. The van der Waals surface area contributed by atoms with Gasteiger partial charge in [-0.15, -0.1) is 11.8 Å². The number of halogens is 1. The van der Waals surface area contributed by atoms with E-state index in [1.165, 1.54) is 19.3 Å². The highest BCUT2D eigenvalue weighted by Gasteiger charge is 2.25. The predicted molar refractivity (Wildman–Crippen MR) is 72.6 cm³/mol. The first-order valence-electron chi connectivity index (χ1n) is 6.28. The molecule has 94 valence electrons. The first kappa shape index (κ1) is 12.7. The second-order valence-corrected chi connectivity index (χ2v) is 6.56. The Hall–Kier alpha value is -0.700. The number of hydrogen-bond acceptors (Lipinski definition) is 2. The molecule has 3 heteroatoms. The minimum Gasteiger partial charge on any atom is -0.396 e. The fourth-order valence-corrected chi connectivity index (χ4v) is 3.74. The summed E-state index contributed by atoms with van der Waals surface area (Å²) in [6.07, 6.45) is 3.76. The van der Waals surface area contributed by atoms with Gasteiger partial charge >= 0.3 is 0 Å². The van der Waals surface area contributed by atoms with Crippen LogP contribution in [0.15, 0.2) is 23.1 Å². The highest BCUT2D eigenvalue weighted by molar-refractivity contribution is 8.00. The summed E-state index contributed by atoms with van der Waals surface area (Å²) in [5, 5.41) is 0.629. The van der Waals surface area contributed by atoms with Crippen molar-refractivity contribution < 1.29 is 4.39 Å². The molecule has 2 rings (SSSR count). The zero-order valence-corrected chi connectivity index (χ0v) is 11.3. The zero-order chi connectivity index (χ0) is 12.4. The summed E-state index contributed by atoms with van der Waals surface area (Å²) in [7, 11) is 0. The van der Waals surface area contributed by atoms with Gasteiger partial charge in [-0.05, 0) is 49.3 Å². The number of nitrogens with two attached hydrogens (primary N) is 1. The number of anilines is 1. The molecule has 0 radical (unpaired) electrons. The van der Waals surface area contributed by atoms with Crippen molar-refractivity contribution in [2.75, 3.05) is 5.73 Å². The molecule has 3 unspecified atom stereocenters. The third kappa shape index (κ3) is 3.15. The van der Waals surface area contributed by atoms with E-state index in [2.05, 4.69) is 13.8 Å². The number of nitrogen functional groups attached to an aromatic ring is 1. The summed E-state index contributed by atoms with van der Waals surface area (Å²) in [6.45, 7) is 4.65. The number of rotatable bonds is 2. The van der Waals surface area contributed by atoms with Crippen LogP contribution >= 0.6 is 11.8 Å². The lowest BCUT2D eigenvalue weighted by Gasteiger charge is -2.31. The Morgan fingerprint density at radius 1 is 1.24 bits per heavy atom. The van der Waals surface area contributed by atoms with Gasteiger partial charge in [-0.3, -0.25) is 0 Å². The molecule has 1 aliphatic rings. The van der Waals surface area contributed by atoms with Crippen molar-refractivity contribution in [3.8, 4) is 0 Å². The number of thioether (sulfide) groups is 1. The Kier molecular flexibility index (Phi) is 3.97. The van der Waals surface area contributed by atoms with E-state index in [-0.39, 0.29) is 11.5 Å². The normalized spacial score (nSPS) is 29.2. The van der Waals surface area contributed by atoms with Crippen molar-refractivity contribution in [1.29, 1.82) is 0 Å². The van der Waals surface area contributed by atoms with E-state index >= 15 is 0 Å². The van der Waals surface area contributed by atoms with Gasteiger partial charge in [-0.2, -0.15) is 0 Å². The largest absolute Gasteiger partial charge is 0.396 e. The Morgan fingerprint density at radius 2 is 2.00 bits per heavy atom. The maximum atomic E-state index is 13.3. The first-order valence-corrected chi connectivity index (χ1v) is 7.16. The van der Waals surface area contributed by atoms with Gasteiger partial charge in [-0.1, -0.05) is 13.8 Å². The molecular weight excluding hydrogens is 233 g/mol. The predicted octanol–water partition coefficient (Wildman–Crippen LogP) is 4.32. The van der Waals surface area contributed by atoms with Crippen LogP contribution in [0.5, 0.6) is 0 Å². The standard InChI is InChI=1S/C14H20FNS/c1-9-3-4-11(7-10(9)2)17-12-5-6-14(16)13(15)8-12/h5-6,8-11H,3-4,7,16H2,1-2H3. The highest BCUT2D eigenvalue weighted by atomic mass is 32.2. The van der Waals surface area contributed by atoms with Gasteiger partial charge in [0.15, 0.2) is 0 Å². The minimum absolute atomic E-state index is 0.236. The Balaban J connectivity index is 1.99. The molecule has 0 spiro atoms. The van der Waals surface area contributed by atoms with E-state index in [9.17, 15) is 4.39 Å². The van der Waals surface area contributed by atoms with Gasteiger partial charge in [0.05, 0.1) is 5.69 Å². The summed E-state index contributed by atoms with van der Waals surface area (Å²) >= 11 is 1.80. The van der Waals surface area contributed by atoms with Crippen LogP contribution in [0.3, 0.4) is 0 Å². The maximum Gasteiger partial charge on any atom is 0.147 e. The van der Waals surface area contributed by atoms with E-state index in [0.29, 0.717) is 5.25 Å². The molecule has 1 aromatic carbocycles. The van der Waals surface area contributed by atoms with Crippen molar-refractivity contribution in [1.82, 2.24) is 0 Å². The average molecular weight is 253 g/mol. The zero-order valence-electron chi connectivity index (χ0n) is 10.4. The second kappa shape index (κ2) is 5.30. The lowest BCUT2D eigenvalue weighted by atomic mass is 9.81. The van der Waals surface area contributed by atoms with E-state index in [1.54, 1.807) is 23.9 Å². The summed E-state index contributed by atoms with van der Waals surface area (Å²) in [5.41, 5.74) is 5.71. The molecule has 1 nitrogen and oxygen atoms in total. The Bertz CT molecular complexity index is 394. The van der Waals surface area contributed by atoms with Crippen molar-refractivity contribution in [2.45, 2.75) is 43.3 Å². The van der Waals surface area contributed by atoms with Crippen LogP contribution in [-0.2, 0) is 0 Å². The molecule has 0 aliphatic heterocycles. The Morgan fingerprint density at radius 3 is 2.65 bits per heavy atom. The summed E-state index contributed by atoms with van der Waals surface area (Å²) < 4.78 is 13.3. The van der Waals surface area contributed by atoms with Crippen LogP contribution in [-0.4, -0.2) is 5.25 Å². The summed E-state index contributed by atoms with van der Waals surface area (Å²) in [6, 6.07) is 5.14. The SMILES string of the molecule is CC1CCC(Sc2ccc(N)c(F)c2)CC1C. The first-order chi connectivity index (χ1) is 8.06. The van der Waals surface area contributed by atoms with Crippen molar-refractivity contribution in [3.05, 3.63) is 24.0 Å². The van der Waals surface area contributed by atoms with Gasteiger partial charge in [0.1, 0.15) is 5.82 Å². The maximum absolute atomic E-state index is 13.3. The molecule has 0 saturated heterocycles. The Labute approximate surface area is 107 Å². The van der Waals surface area contributed by atoms with Gasteiger partial charge in [0.25, 0.3) is 0 Å². The fraction of sp³-hybridized carbons (Fsp3) is 0.571. The van der Waals surface area contributed by atoms with E-state index in [1.807, 2.05) is 6.07 Å². The summed E-state index contributed by atoms with van der Waals surface area (Å²) in [5.74, 6) is 1.31. The van der Waals surface area contributed by atoms with Crippen molar-refractivity contribution in [3.63, 3.8) is 0 Å². The lowest BCUT2D eigenvalue weighted by Crippen LogP contribution is -2.22. The second-order valence-electron chi connectivity index (χ2n) is 5.19. The number of benzene rings is 1. The van der Waals surface area contributed by atoms with Gasteiger partial charge in [-0.25, -0.2) is 4.39 Å². The van der Waals surface area contributed by atoms with Crippen LogP contribution in [0, 0.1) is 17.7 Å². The average Bonchev–Trinajstić information content (AvgIpc) is 2.29. The molecule has 3 atom stereocenters. The van der Waals surface area contributed by atoms with Gasteiger partial charge in [0.2, 0.25) is 0 Å². The van der Waals surface area contributed by atoms with Gasteiger partial charge < -0.3 is 5.73 Å². The van der Waals surface area contributed by atoms with Crippen LogP contribution in [0.2, 0.25) is 0 Å². The fourth-order valence-electron chi connectivity index (χ4n) is 2.38. The van der Waals surface area contributed by atoms with Gasteiger partial charge in [0, 0.05) is 10.1 Å². The van der Waals surface area contributed by atoms with Crippen LogP contribution in [0.1, 0.15) is 33.1 Å². The van der Waals surface area contributed by atoms with Crippen LogP contribution in [0.25, 0.3) is 0 Å². The smallest absolute Gasteiger partial charge is 0.147 e. The van der Waals surface area contributed by atoms with Crippen LogP contribution < -0.4 is 5.73 Å². The topological polar surface area (TPSA) is 26.0 Å². The highest BCUT2D eigenvalue weighted by Crippen LogP contribution is 2.39. The molecule has 17 heavy (non-hydrogen) atoms. The molecule has 0 heterocycles. The van der Waals surface area contributed by atoms with Crippen molar-refractivity contribution in [2.24, 2.45) is 11.8 Å². The number of hydrogen-bond donors (Lipinski definition) is 1.